The molecule has 0 aromatic rings. The Morgan fingerprint density at radius 3 is 2.52 bits per heavy atom. The van der Waals surface area contributed by atoms with Gasteiger partial charge in [-0.05, 0) is 49.4 Å². The molecule has 0 spiro atoms. The van der Waals surface area contributed by atoms with E-state index in [1.54, 1.807) is 0 Å². The topological polar surface area (TPSA) is 81.7 Å². The lowest BCUT2D eigenvalue weighted by Crippen LogP contribution is -2.49. The lowest BCUT2D eigenvalue weighted by molar-refractivity contribution is -0.122. The summed E-state index contributed by atoms with van der Waals surface area (Å²) in [5.74, 6) is 2.13. The number of likely N-dealkylation sites (tertiary alicyclic amines) is 1. The highest BCUT2D eigenvalue weighted by Crippen LogP contribution is 2.54. The van der Waals surface area contributed by atoms with Crippen LogP contribution in [0.4, 0.5) is 4.79 Å². The van der Waals surface area contributed by atoms with Gasteiger partial charge in [-0.15, -0.1) is 0 Å². The van der Waals surface area contributed by atoms with Gasteiger partial charge in [0.05, 0.1) is 12.1 Å². The van der Waals surface area contributed by atoms with Crippen molar-refractivity contribution in [2.75, 3.05) is 19.6 Å². The number of aliphatic hydroxyl groups is 1. The summed E-state index contributed by atoms with van der Waals surface area (Å²) in [5.41, 5.74) is 0. The van der Waals surface area contributed by atoms with Crippen LogP contribution in [0.15, 0.2) is 0 Å². The summed E-state index contributed by atoms with van der Waals surface area (Å²) in [5, 5.41) is 16.2. The van der Waals surface area contributed by atoms with Crippen molar-refractivity contribution in [3.8, 4) is 0 Å². The van der Waals surface area contributed by atoms with E-state index in [0.717, 1.165) is 19.4 Å². The third-order valence-corrected chi connectivity index (χ3v) is 7.03. The molecule has 25 heavy (non-hydrogen) atoms. The molecular weight excluding hydrogens is 318 g/mol. The fourth-order valence-electron chi connectivity index (χ4n) is 5.85. The molecule has 1 saturated heterocycles. The van der Waals surface area contributed by atoms with Crippen molar-refractivity contribution >= 4 is 11.9 Å². The SMILES string of the molecule is O=C(CC1CCCCC1)NCCNC(=O)N1CC2CC3CC2C1C3O. The third kappa shape index (κ3) is 3.37. The van der Waals surface area contributed by atoms with E-state index in [0.29, 0.717) is 43.2 Å². The van der Waals surface area contributed by atoms with Crippen molar-refractivity contribution in [2.45, 2.75) is 63.5 Å². The van der Waals surface area contributed by atoms with Crippen LogP contribution in [0.5, 0.6) is 0 Å². The van der Waals surface area contributed by atoms with Crippen molar-refractivity contribution in [3.63, 3.8) is 0 Å². The molecule has 4 fully saturated rings. The Hall–Kier alpha value is -1.30. The van der Waals surface area contributed by atoms with Crippen LogP contribution in [0.3, 0.4) is 0 Å². The number of rotatable bonds is 5. The fraction of sp³-hybridized carbons (Fsp3) is 0.895. The predicted octanol–water partition coefficient (Wildman–Crippen LogP) is 1.48. The zero-order chi connectivity index (χ0) is 17.4. The van der Waals surface area contributed by atoms with E-state index in [1.165, 1.54) is 32.1 Å². The first-order valence-electron chi connectivity index (χ1n) is 10.1. The lowest BCUT2D eigenvalue weighted by Gasteiger charge is -2.29. The summed E-state index contributed by atoms with van der Waals surface area (Å²) in [6.45, 7) is 1.71. The maximum absolute atomic E-state index is 12.5. The third-order valence-electron chi connectivity index (χ3n) is 7.03. The number of aliphatic hydroxyl groups excluding tert-OH is 1. The minimum atomic E-state index is -0.343. The molecule has 0 radical (unpaired) electrons. The lowest BCUT2D eigenvalue weighted by atomic mass is 9.87. The van der Waals surface area contributed by atoms with Crippen molar-refractivity contribution < 1.29 is 14.7 Å². The van der Waals surface area contributed by atoms with Gasteiger partial charge in [-0.3, -0.25) is 4.79 Å². The van der Waals surface area contributed by atoms with E-state index >= 15 is 0 Å². The van der Waals surface area contributed by atoms with Crippen LogP contribution in [0.1, 0.15) is 51.4 Å². The highest BCUT2D eigenvalue weighted by atomic mass is 16.3. The number of amides is 3. The van der Waals surface area contributed by atoms with Gasteiger partial charge in [0, 0.05) is 26.1 Å². The Labute approximate surface area is 149 Å². The molecule has 6 heteroatoms. The van der Waals surface area contributed by atoms with E-state index < -0.39 is 0 Å². The molecule has 1 heterocycles. The van der Waals surface area contributed by atoms with Gasteiger partial charge in [-0.2, -0.15) is 0 Å². The quantitative estimate of drug-likeness (QED) is 0.658. The molecule has 5 unspecified atom stereocenters. The molecule has 5 atom stereocenters. The fourth-order valence-corrected chi connectivity index (χ4v) is 5.85. The zero-order valence-electron chi connectivity index (χ0n) is 15.0. The van der Waals surface area contributed by atoms with Crippen LogP contribution in [-0.4, -0.2) is 53.7 Å². The minimum Gasteiger partial charge on any atom is -0.391 e. The predicted molar refractivity (Wildman–Crippen MR) is 93.8 cm³/mol. The summed E-state index contributed by atoms with van der Waals surface area (Å²) in [4.78, 5) is 26.3. The Balaban J connectivity index is 1.15. The van der Waals surface area contributed by atoms with Crippen LogP contribution in [0.25, 0.3) is 0 Å². The number of urea groups is 1. The standard InChI is InChI=1S/C19H31N3O3/c23-16(8-12-4-2-1-3-5-12)20-6-7-21-19(25)22-11-14-9-13-10-15(14)17(22)18(13)24/h12-15,17-18,24H,1-11H2,(H,20,23)(H,21,25). The summed E-state index contributed by atoms with van der Waals surface area (Å²) in [6.07, 6.45) is 8.58. The van der Waals surface area contributed by atoms with Gasteiger partial charge in [-0.25, -0.2) is 4.79 Å². The van der Waals surface area contributed by atoms with Gasteiger partial charge in [0.1, 0.15) is 0 Å². The minimum absolute atomic E-state index is 0.0182. The van der Waals surface area contributed by atoms with Crippen LogP contribution in [0, 0.1) is 23.7 Å². The average Bonchev–Trinajstić information content (AvgIpc) is 3.22. The highest BCUT2D eigenvalue weighted by molar-refractivity contribution is 5.77. The van der Waals surface area contributed by atoms with Crippen molar-refractivity contribution in [1.29, 1.82) is 0 Å². The maximum atomic E-state index is 12.5. The number of nitrogens with zero attached hydrogens (tertiary/aromatic N) is 1. The molecule has 2 bridgehead atoms. The normalized spacial score (nSPS) is 36.7. The van der Waals surface area contributed by atoms with Crippen LogP contribution in [-0.2, 0) is 4.79 Å². The number of hydrogen-bond donors (Lipinski definition) is 3. The maximum Gasteiger partial charge on any atom is 0.317 e. The second-order valence-corrected chi connectivity index (χ2v) is 8.58. The highest BCUT2D eigenvalue weighted by Gasteiger charge is 2.59. The summed E-state index contributed by atoms with van der Waals surface area (Å²) in [7, 11) is 0. The van der Waals surface area contributed by atoms with Gasteiger partial charge < -0.3 is 20.6 Å². The van der Waals surface area contributed by atoms with Gasteiger partial charge in [0.25, 0.3) is 0 Å². The molecule has 3 aliphatic carbocycles. The molecule has 3 N–H and O–H groups in total. The Morgan fingerprint density at radius 2 is 1.76 bits per heavy atom. The van der Waals surface area contributed by atoms with Crippen molar-refractivity contribution in [2.24, 2.45) is 23.7 Å². The molecule has 4 rings (SSSR count). The average molecular weight is 349 g/mol. The van der Waals surface area contributed by atoms with E-state index in [9.17, 15) is 14.7 Å². The molecule has 3 amide bonds. The monoisotopic (exact) mass is 349 g/mol. The van der Waals surface area contributed by atoms with E-state index in [1.807, 2.05) is 4.90 Å². The number of nitrogens with one attached hydrogen (secondary N) is 2. The van der Waals surface area contributed by atoms with Crippen LogP contribution >= 0.6 is 0 Å². The Morgan fingerprint density at radius 1 is 1.00 bits per heavy atom. The second kappa shape index (κ2) is 7.14. The van der Waals surface area contributed by atoms with Gasteiger partial charge in [0.15, 0.2) is 0 Å². The Bertz CT molecular complexity index is 518. The number of carbonyl (C=O) groups excluding carboxylic acids is 2. The zero-order valence-corrected chi connectivity index (χ0v) is 15.0. The first-order chi connectivity index (χ1) is 12.1. The molecular formula is C19H31N3O3. The van der Waals surface area contributed by atoms with E-state index in [-0.39, 0.29) is 24.1 Å². The van der Waals surface area contributed by atoms with Crippen LogP contribution in [0.2, 0.25) is 0 Å². The van der Waals surface area contributed by atoms with Gasteiger partial charge in [0.2, 0.25) is 5.91 Å². The molecule has 4 aliphatic rings. The number of carbonyl (C=O) groups is 2. The van der Waals surface area contributed by atoms with Crippen molar-refractivity contribution in [3.05, 3.63) is 0 Å². The molecule has 0 aromatic carbocycles. The molecule has 6 nitrogen and oxygen atoms in total. The summed E-state index contributed by atoms with van der Waals surface area (Å²) >= 11 is 0. The first kappa shape index (κ1) is 17.1. The van der Waals surface area contributed by atoms with Crippen molar-refractivity contribution in [1.82, 2.24) is 15.5 Å². The second-order valence-electron chi connectivity index (χ2n) is 8.58. The van der Waals surface area contributed by atoms with Gasteiger partial charge >= 0.3 is 6.03 Å². The molecule has 0 aromatic heterocycles. The van der Waals surface area contributed by atoms with E-state index in [2.05, 4.69) is 10.6 Å². The Kier molecular flexibility index (Phi) is 4.89. The molecule has 1 aliphatic heterocycles. The molecule has 3 saturated carbocycles. The smallest absolute Gasteiger partial charge is 0.317 e. The summed E-state index contributed by atoms with van der Waals surface area (Å²) in [6, 6.07) is -0.0646. The van der Waals surface area contributed by atoms with Gasteiger partial charge in [-0.1, -0.05) is 19.3 Å². The summed E-state index contributed by atoms with van der Waals surface area (Å²) < 4.78 is 0. The van der Waals surface area contributed by atoms with Crippen LogP contribution < -0.4 is 10.6 Å². The number of hydrogen-bond acceptors (Lipinski definition) is 3. The van der Waals surface area contributed by atoms with E-state index in [4.69, 9.17) is 0 Å². The first-order valence-corrected chi connectivity index (χ1v) is 10.1. The largest absolute Gasteiger partial charge is 0.391 e. The molecule has 140 valence electrons. The number of fused-ring (bicyclic) bond motifs is 1.